The lowest BCUT2D eigenvalue weighted by Gasteiger charge is -2.32. The first kappa shape index (κ1) is 14.7. The van der Waals surface area contributed by atoms with Gasteiger partial charge < -0.3 is 18.8 Å². The van der Waals surface area contributed by atoms with Crippen LogP contribution in [0.1, 0.15) is 40.5 Å². The minimum Gasteiger partial charge on any atom is -0.493 e. The molecule has 0 unspecified atom stereocenters. The van der Waals surface area contributed by atoms with Gasteiger partial charge in [0.05, 0.1) is 24.4 Å². The van der Waals surface area contributed by atoms with E-state index in [1.54, 1.807) is 7.11 Å². The van der Waals surface area contributed by atoms with Crippen LogP contribution in [-0.2, 0) is 9.31 Å². The van der Waals surface area contributed by atoms with Gasteiger partial charge in [-0.3, -0.25) is 0 Å². The van der Waals surface area contributed by atoms with E-state index in [4.69, 9.17) is 18.8 Å². The Balaban J connectivity index is 1.86. The Bertz CT molecular complexity index is 521. The van der Waals surface area contributed by atoms with E-state index in [-0.39, 0.29) is 18.3 Å². The minimum absolute atomic E-state index is 0.326. The summed E-state index contributed by atoms with van der Waals surface area (Å²) in [5, 5.41) is 0. The van der Waals surface area contributed by atoms with Gasteiger partial charge in [-0.15, -0.1) is 0 Å². The molecular formula is C16H23BO4. The smallest absolute Gasteiger partial charge is 0.493 e. The van der Waals surface area contributed by atoms with Crippen molar-refractivity contribution in [3.05, 3.63) is 18.2 Å². The van der Waals surface area contributed by atoms with Gasteiger partial charge in [0.1, 0.15) is 0 Å². The molecule has 2 fully saturated rings. The Labute approximate surface area is 126 Å². The zero-order valence-corrected chi connectivity index (χ0v) is 13.4. The van der Waals surface area contributed by atoms with E-state index in [0.29, 0.717) is 6.10 Å². The lowest BCUT2D eigenvalue weighted by atomic mass is 9.79. The van der Waals surface area contributed by atoms with Crippen molar-refractivity contribution >= 4 is 12.6 Å². The number of rotatable bonds is 4. The SMILES string of the molecule is COc1ccc(B2OC(C)(C)C(C)(C)O2)cc1OC1CC1. The summed E-state index contributed by atoms with van der Waals surface area (Å²) >= 11 is 0. The summed E-state index contributed by atoms with van der Waals surface area (Å²) in [6.07, 6.45) is 2.56. The Morgan fingerprint density at radius 2 is 1.67 bits per heavy atom. The molecule has 1 aromatic rings. The third-order valence-electron chi connectivity index (χ3n) is 4.53. The van der Waals surface area contributed by atoms with Crippen LogP contribution < -0.4 is 14.9 Å². The van der Waals surface area contributed by atoms with E-state index in [1.165, 1.54) is 0 Å². The van der Waals surface area contributed by atoms with Gasteiger partial charge >= 0.3 is 7.12 Å². The Morgan fingerprint density at radius 1 is 1.05 bits per heavy atom. The van der Waals surface area contributed by atoms with E-state index in [0.717, 1.165) is 29.8 Å². The van der Waals surface area contributed by atoms with E-state index in [1.807, 2.05) is 18.2 Å². The zero-order valence-electron chi connectivity index (χ0n) is 13.4. The highest BCUT2D eigenvalue weighted by Gasteiger charge is 2.51. The van der Waals surface area contributed by atoms with Crippen LogP contribution in [-0.4, -0.2) is 31.5 Å². The Morgan fingerprint density at radius 3 is 2.19 bits per heavy atom. The van der Waals surface area contributed by atoms with Gasteiger partial charge in [-0.05, 0) is 58.1 Å². The molecule has 1 saturated carbocycles. The predicted molar refractivity (Wildman–Crippen MR) is 82.4 cm³/mol. The number of methoxy groups -OCH3 is 1. The fourth-order valence-electron chi connectivity index (χ4n) is 2.28. The molecule has 21 heavy (non-hydrogen) atoms. The third-order valence-corrected chi connectivity index (χ3v) is 4.53. The van der Waals surface area contributed by atoms with Crippen molar-refractivity contribution in [3.8, 4) is 11.5 Å². The standard InChI is InChI=1S/C16H23BO4/c1-15(2)16(3,4)21-17(20-15)11-6-9-13(18-5)14(10-11)19-12-7-8-12/h6,9-10,12H,7-8H2,1-5H3. The van der Waals surface area contributed by atoms with Gasteiger partial charge in [-0.1, -0.05) is 6.07 Å². The van der Waals surface area contributed by atoms with Crippen LogP contribution in [0.2, 0.25) is 0 Å². The summed E-state index contributed by atoms with van der Waals surface area (Å²) in [5.41, 5.74) is 0.287. The van der Waals surface area contributed by atoms with Crippen LogP contribution in [0.4, 0.5) is 0 Å². The minimum atomic E-state index is -0.373. The largest absolute Gasteiger partial charge is 0.494 e. The summed E-state index contributed by atoms with van der Waals surface area (Å²) in [6.45, 7) is 8.21. The molecule has 1 aromatic carbocycles. The van der Waals surface area contributed by atoms with Crippen molar-refractivity contribution < 1.29 is 18.8 Å². The molecule has 0 atom stereocenters. The first-order valence-electron chi connectivity index (χ1n) is 7.53. The second kappa shape index (κ2) is 4.92. The average Bonchev–Trinajstić information content (AvgIpc) is 3.17. The van der Waals surface area contributed by atoms with Gasteiger partial charge in [-0.2, -0.15) is 0 Å². The second-order valence-electron chi connectivity index (χ2n) is 6.82. The lowest BCUT2D eigenvalue weighted by molar-refractivity contribution is 0.00578. The van der Waals surface area contributed by atoms with Crippen molar-refractivity contribution in [2.24, 2.45) is 0 Å². The molecule has 0 bridgehead atoms. The average molecular weight is 290 g/mol. The highest BCUT2D eigenvalue weighted by atomic mass is 16.7. The topological polar surface area (TPSA) is 36.9 Å². The lowest BCUT2D eigenvalue weighted by Crippen LogP contribution is -2.41. The van der Waals surface area contributed by atoms with Crippen LogP contribution in [0.25, 0.3) is 0 Å². The van der Waals surface area contributed by atoms with Gasteiger partial charge in [0, 0.05) is 0 Å². The maximum atomic E-state index is 6.08. The molecule has 4 nitrogen and oxygen atoms in total. The summed E-state index contributed by atoms with van der Waals surface area (Å²) in [4.78, 5) is 0. The maximum absolute atomic E-state index is 6.08. The highest BCUT2D eigenvalue weighted by Crippen LogP contribution is 2.38. The van der Waals surface area contributed by atoms with Crippen LogP contribution in [0.15, 0.2) is 18.2 Å². The number of hydrogen-bond donors (Lipinski definition) is 0. The van der Waals surface area contributed by atoms with E-state index in [9.17, 15) is 0 Å². The number of hydrogen-bond acceptors (Lipinski definition) is 4. The van der Waals surface area contributed by atoms with Crippen molar-refractivity contribution in [1.82, 2.24) is 0 Å². The molecule has 2 aliphatic rings. The molecule has 114 valence electrons. The molecule has 5 heteroatoms. The Hall–Kier alpha value is -1.20. The van der Waals surface area contributed by atoms with Crippen LogP contribution in [0, 0.1) is 0 Å². The third kappa shape index (κ3) is 2.77. The Kier molecular flexibility index (Phi) is 3.45. The first-order valence-corrected chi connectivity index (χ1v) is 7.53. The van der Waals surface area contributed by atoms with Crippen molar-refractivity contribution in [2.75, 3.05) is 7.11 Å². The molecule has 0 amide bonds. The molecule has 1 aliphatic heterocycles. The first-order chi connectivity index (χ1) is 9.82. The van der Waals surface area contributed by atoms with Crippen LogP contribution in [0.5, 0.6) is 11.5 Å². The number of benzene rings is 1. The fourth-order valence-corrected chi connectivity index (χ4v) is 2.28. The summed E-state index contributed by atoms with van der Waals surface area (Å²) in [7, 11) is 1.28. The zero-order chi connectivity index (χ0) is 15.3. The summed E-state index contributed by atoms with van der Waals surface area (Å²) in [6, 6.07) is 5.86. The molecule has 1 saturated heterocycles. The van der Waals surface area contributed by atoms with Gasteiger partial charge in [0.15, 0.2) is 11.5 Å². The van der Waals surface area contributed by atoms with E-state index < -0.39 is 0 Å². The van der Waals surface area contributed by atoms with Crippen molar-refractivity contribution in [1.29, 1.82) is 0 Å². The fraction of sp³-hybridized carbons (Fsp3) is 0.625. The van der Waals surface area contributed by atoms with Crippen molar-refractivity contribution in [2.45, 2.75) is 57.8 Å². The van der Waals surface area contributed by atoms with E-state index >= 15 is 0 Å². The molecule has 0 N–H and O–H groups in total. The van der Waals surface area contributed by atoms with Crippen LogP contribution in [0.3, 0.4) is 0 Å². The van der Waals surface area contributed by atoms with Gasteiger partial charge in [-0.25, -0.2) is 0 Å². The molecule has 0 radical (unpaired) electrons. The maximum Gasteiger partial charge on any atom is 0.494 e. The molecule has 1 aliphatic carbocycles. The molecule has 0 aromatic heterocycles. The van der Waals surface area contributed by atoms with Crippen molar-refractivity contribution in [3.63, 3.8) is 0 Å². The van der Waals surface area contributed by atoms with Gasteiger partial charge in [0.2, 0.25) is 0 Å². The molecule has 3 rings (SSSR count). The quantitative estimate of drug-likeness (QED) is 0.799. The second-order valence-corrected chi connectivity index (χ2v) is 6.82. The molecule has 1 heterocycles. The normalized spacial score (nSPS) is 23.2. The number of ether oxygens (including phenoxy) is 2. The van der Waals surface area contributed by atoms with E-state index in [2.05, 4.69) is 27.7 Å². The predicted octanol–water partition coefficient (Wildman–Crippen LogP) is 2.54. The molecule has 0 spiro atoms. The monoisotopic (exact) mass is 290 g/mol. The van der Waals surface area contributed by atoms with Gasteiger partial charge in [0.25, 0.3) is 0 Å². The van der Waals surface area contributed by atoms with Crippen LogP contribution >= 0.6 is 0 Å². The summed E-state index contributed by atoms with van der Waals surface area (Å²) < 4.78 is 23.4. The highest BCUT2D eigenvalue weighted by molar-refractivity contribution is 6.62. The summed E-state index contributed by atoms with van der Waals surface area (Å²) in [5.74, 6) is 1.52. The molecular weight excluding hydrogens is 267 g/mol.